The van der Waals surface area contributed by atoms with Crippen molar-refractivity contribution in [3.8, 4) is 11.3 Å². The van der Waals surface area contributed by atoms with Crippen LogP contribution in [0.15, 0.2) is 60.7 Å². The zero-order valence-electron chi connectivity index (χ0n) is 21.2. The van der Waals surface area contributed by atoms with Gasteiger partial charge >= 0.3 is 0 Å². The number of nitrogens with zero attached hydrogens (tertiary/aromatic N) is 7. The van der Waals surface area contributed by atoms with Crippen LogP contribution in [0.5, 0.6) is 0 Å². The van der Waals surface area contributed by atoms with E-state index in [1.807, 2.05) is 24.3 Å². The molecule has 4 heterocycles. The third-order valence-corrected chi connectivity index (χ3v) is 6.86. The van der Waals surface area contributed by atoms with Crippen molar-refractivity contribution in [2.24, 2.45) is 0 Å². The molecule has 0 spiro atoms. The Morgan fingerprint density at radius 2 is 1.51 bits per heavy atom. The van der Waals surface area contributed by atoms with Gasteiger partial charge in [0.05, 0.1) is 13.2 Å². The number of morpholine rings is 1. The standard InChI is InChI=1S/C28H32N8O/c1-34(20-21-8-4-2-5-9-21)26-24-25(32-28(33-26)36-14-12-29-13-15-36)31-27(35-16-18-37-19-17-35)23(30-24)22-10-6-3-7-11-22/h2-11,29H,12-20H2,1H3. The van der Waals surface area contributed by atoms with Gasteiger partial charge in [0.15, 0.2) is 22.8 Å². The topological polar surface area (TPSA) is 82.5 Å². The molecule has 0 aliphatic carbocycles. The second-order valence-corrected chi connectivity index (χ2v) is 9.46. The van der Waals surface area contributed by atoms with E-state index in [1.165, 1.54) is 5.56 Å². The zero-order valence-corrected chi connectivity index (χ0v) is 21.2. The molecule has 0 unspecified atom stereocenters. The van der Waals surface area contributed by atoms with E-state index in [0.29, 0.717) is 36.9 Å². The van der Waals surface area contributed by atoms with E-state index in [0.717, 1.165) is 62.2 Å². The van der Waals surface area contributed by atoms with Crippen LogP contribution < -0.4 is 20.0 Å². The van der Waals surface area contributed by atoms with E-state index in [2.05, 4.69) is 63.5 Å². The number of piperazine rings is 1. The van der Waals surface area contributed by atoms with Crippen molar-refractivity contribution in [2.75, 3.05) is 74.2 Å². The molecule has 9 nitrogen and oxygen atoms in total. The van der Waals surface area contributed by atoms with E-state index < -0.39 is 0 Å². The normalized spacial score (nSPS) is 16.2. The van der Waals surface area contributed by atoms with Gasteiger partial charge in [0, 0.05) is 58.4 Å². The summed E-state index contributed by atoms with van der Waals surface area (Å²) in [6, 6.07) is 20.7. The quantitative estimate of drug-likeness (QED) is 0.433. The summed E-state index contributed by atoms with van der Waals surface area (Å²) in [6.45, 7) is 7.15. The number of nitrogens with one attached hydrogen (secondary N) is 1. The summed E-state index contributed by atoms with van der Waals surface area (Å²) in [4.78, 5) is 27.1. The summed E-state index contributed by atoms with van der Waals surface area (Å²) in [7, 11) is 2.07. The molecule has 0 radical (unpaired) electrons. The van der Waals surface area contributed by atoms with Gasteiger partial charge in [0.2, 0.25) is 5.95 Å². The van der Waals surface area contributed by atoms with Gasteiger partial charge in [-0.25, -0.2) is 9.97 Å². The molecule has 1 N–H and O–H groups in total. The van der Waals surface area contributed by atoms with Crippen molar-refractivity contribution < 1.29 is 4.74 Å². The Morgan fingerprint density at radius 3 is 2.24 bits per heavy atom. The number of hydrogen-bond donors (Lipinski definition) is 1. The van der Waals surface area contributed by atoms with Crippen LogP contribution in [0.25, 0.3) is 22.4 Å². The summed E-state index contributed by atoms with van der Waals surface area (Å²) in [5.74, 6) is 2.35. The van der Waals surface area contributed by atoms with Crippen LogP contribution in [0.2, 0.25) is 0 Å². The summed E-state index contributed by atoms with van der Waals surface area (Å²) in [5, 5.41) is 3.42. The minimum absolute atomic E-state index is 0.625. The van der Waals surface area contributed by atoms with Crippen molar-refractivity contribution in [3.05, 3.63) is 66.2 Å². The highest BCUT2D eigenvalue weighted by Gasteiger charge is 2.25. The smallest absolute Gasteiger partial charge is 0.229 e. The maximum absolute atomic E-state index is 5.63. The van der Waals surface area contributed by atoms with Crippen LogP contribution in [0.4, 0.5) is 17.6 Å². The monoisotopic (exact) mass is 496 g/mol. The van der Waals surface area contributed by atoms with Gasteiger partial charge in [-0.1, -0.05) is 60.7 Å². The van der Waals surface area contributed by atoms with E-state index in [-0.39, 0.29) is 0 Å². The van der Waals surface area contributed by atoms with E-state index >= 15 is 0 Å². The van der Waals surface area contributed by atoms with Crippen molar-refractivity contribution >= 4 is 28.7 Å². The molecule has 2 fully saturated rings. The van der Waals surface area contributed by atoms with Gasteiger partial charge in [0.25, 0.3) is 0 Å². The molecule has 4 aromatic rings. The fourth-order valence-corrected chi connectivity index (χ4v) is 4.90. The Hall–Kier alpha value is -3.82. The minimum atomic E-state index is 0.625. The van der Waals surface area contributed by atoms with Crippen LogP contribution in [-0.2, 0) is 11.3 Å². The number of benzene rings is 2. The van der Waals surface area contributed by atoms with Gasteiger partial charge in [-0.05, 0) is 5.56 Å². The molecule has 2 aromatic heterocycles. The molecule has 6 rings (SSSR count). The van der Waals surface area contributed by atoms with Gasteiger partial charge in [-0.3, -0.25) is 0 Å². The van der Waals surface area contributed by atoms with Crippen LogP contribution in [0, 0.1) is 0 Å². The lowest BCUT2D eigenvalue weighted by molar-refractivity contribution is 0.122. The molecule has 9 heteroatoms. The second-order valence-electron chi connectivity index (χ2n) is 9.46. The van der Waals surface area contributed by atoms with Crippen molar-refractivity contribution in [3.63, 3.8) is 0 Å². The van der Waals surface area contributed by atoms with Crippen LogP contribution >= 0.6 is 0 Å². The van der Waals surface area contributed by atoms with E-state index in [1.54, 1.807) is 0 Å². The van der Waals surface area contributed by atoms with Crippen LogP contribution in [0.3, 0.4) is 0 Å². The highest BCUT2D eigenvalue weighted by Crippen LogP contribution is 2.33. The number of aromatic nitrogens is 4. The molecular weight excluding hydrogens is 464 g/mol. The second kappa shape index (κ2) is 10.7. The Labute approximate surface area is 217 Å². The minimum Gasteiger partial charge on any atom is -0.378 e. The molecule has 2 saturated heterocycles. The molecule has 2 aliphatic heterocycles. The predicted octanol–water partition coefficient (Wildman–Crippen LogP) is 2.97. The van der Waals surface area contributed by atoms with Gasteiger partial charge in [-0.2, -0.15) is 9.97 Å². The first-order chi connectivity index (χ1) is 18.3. The molecule has 190 valence electrons. The summed E-state index contributed by atoms with van der Waals surface area (Å²) >= 11 is 0. The van der Waals surface area contributed by atoms with Gasteiger partial charge in [-0.15, -0.1) is 0 Å². The molecule has 0 amide bonds. The Bertz CT molecular complexity index is 1340. The molecule has 0 bridgehead atoms. The molecule has 0 atom stereocenters. The van der Waals surface area contributed by atoms with Gasteiger partial charge < -0.3 is 24.8 Å². The highest BCUT2D eigenvalue weighted by molar-refractivity contribution is 5.89. The first-order valence-corrected chi connectivity index (χ1v) is 12.9. The first-order valence-electron chi connectivity index (χ1n) is 12.9. The van der Waals surface area contributed by atoms with Crippen molar-refractivity contribution in [1.82, 2.24) is 25.3 Å². The predicted molar refractivity (Wildman–Crippen MR) is 147 cm³/mol. The lowest BCUT2D eigenvalue weighted by Gasteiger charge is -2.31. The summed E-state index contributed by atoms with van der Waals surface area (Å²) in [5.41, 5.74) is 4.43. The van der Waals surface area contributed by atoms with Crippen molar-refractivity contribution in [2.45, 2.75) is 6.54 Å². The molecular formula is C28H32N8O. The summed E-state index contributed by atoms with van der Waals surface area (Å²) < 4.78 is 5.63. The number of hydrogen-bond acceptors (Lipinski definition) is 9. The summed E-state index contributed by atoms with van der Waals surface area (Å²) in [6.07, 6.45) is 0. The van der Waals surface area contributed by atoms with Crippen LogP contribution in [-0.4, -0.2) is 79.5 Å². The average molecular weight is 497 g/mol. The molecule has 0 saturated carbocycles. The number of ether oxygens (including phenoxy) is 1. The molecule has 2 aromatic carbocycles. The maximum Gasteiger partial charge on any atom is 0.229 e. The first kappa shape index (κ1) is 23.6. The van der Waals surface area contributed by atoms with Gasteiger partial charge in [0.1, 0.15) is 5.69 Å². The van der Waals surface area contributed by atoms with Crippen molar-refractivity contribution in [1.29, 1.82) is 0 Å². The third kappa shape index (κ3) is 5.05. The number of anilines is 3. The molecule has 37 heavy (non-hydrogen) atoms. The lowest BCUT2D eigenvalue weighted by Crippen LogP contribution is -2.44. The van der Waals surface area contributed by atoms with E-state index in [9.17, 15) is 0 Å². The fourth-order valence-electron chi connectivity index (χ4n) is 4.90. The highest BCUT2D eigenvalue weighted by atomic mass is 16.5. The zero-order chi connectivity index (χ0) is 25.0. The third-order valence-electron chi connectivity index (χ3n) is 6.86. The maximum atomic E-state index is 5.63. The lowest BCUT2D eigenvalue weighted by atomic mass is 10.1. The Kier molecular flexibility index (Phi) is 6.79. The van der Waals surface area contributed by atoms with E-state index in [4.69, 9.17) is 24.7 Å². The number of fused-ring (bicyclic) bond motifs is 1. The number of rotatable bonds is 6. The average Bonchev–Trinajstić information content (AvgIpc) is 2.98. The fraction of sp³-hybridized carbons (Fsp3) is 0.357. The Balaban J connectivity index is 1.52. The SMILES string of the molecule is CN(Cc1ccccc1)c1nc(N2CCNCC2)nc2nc(N3CCOCC3)c(-c3ccccc3)nc12. The largest absolute Gasteiger partial charge is 0.378 e. The van der Waals surface area contributed by atoms with Crippen LogP contribution in [0.1, 0.15) is 5.56 Å². The molecule has 2 aliphatic rings. The Morgan fingerprint density at radius 1 is 0.811 bits per heavy atom.